The molecule has 0 fully saturated rings. The molecule has 0 radical (unpaired) electrons. The van der Waals surface area contributed by atoms with E-state index in [0.29, 0.717) is 12.0 Å². The van der Waals surface area contributed by atoms with Gasteiger partial charge >= 0.3 is 0 Å². The molecule has 0 aliphatic heterocycles. The first-order chi connectivity index (χ1) is 6.65. The molecule has 0 saturated heterocycles. The second-order valence-corrected chi connectivity index (χ2v) is 2.45. The standard InChI is InChI=1S/C9H6N2O3/c1-7-9(11(13)14)5-4-8(10-7)3-2-6-12/h4-6H,1H3. The third-order valence-corrected chi connectivity index (χ3v) is 1.51. The molecular formula is C9H6N2O3. The first-order valence-electron chi connectivity index (χ1n) is 3.72. The molecule has 1 aromatic rings. The van der Waals surface area contributed by atoms with Crippen molar-refractivity contribution < 1.29 is 9.72 Å². The lowest BCUT2D eigenvalue weighted by Crippen LogP contribution is -1.95. The van der Waals surface area contributed by atoms with Gasteiger partial charge in [0, 0.05) is 6.07 Å². The van der Waals surface area contributed by atoms with Gasteiger partial charge in [-0.3, -0.25) is 14.9 Å². The summed E-state index contributed by atoms with van der Waals surface area (Å²) in [5.74, 6) is 4.63. The second-order valence-electron chi connectivity index (χ2n) is 2.45. The average molecular weight is 190 g/mol. The predicted molar refractivity (Wildman–Crippen MR) is 48.6 cm³/mol. The van der Waals surface area contributed by atoms with E-state index in [4.69, 9.17) is 0 Å². The molecule has 1 rings (SSSR count). The minimum Gasteiger partial charge on any atom is -0.289 e. The third-order valence-electron chi connectivity index (χ3n) is 1.51. The van der Waals surface area contributed by atoms with Gasteiger partial charge in [-0.05, 0) is 24.8 Å². The first kappa shape index (κ1) is 9.86. The van der Waals surface area contributed by atoms with E-state index in [1.807, 2.05) is 0 Å². The van der Waals surface area contributed by atoms with E-state index in [0.717, 1.165) is 0 Å². The van der Waals surface area contributed by atoms with Gasteiger partial charge in [0.1, 0.15) is 11.4 Å². The fourth-order valence-corrected chi connectivity index (χ4v) is 0.920. The van der Waals surface area contributed by atoms with Crippen LogP contribution < -0.4 is 0 Å². The average Bonchev–Trinajstić information content (AvgIpc) is 2.14. The van der Waals surface area contributed by atoms with Gasteiger partial charge in [0.25, 0.3) is 5.69 Å². The number of carbonyl (C=O) groups excluding carboxylic acids is 1. The van der Waals surface area contributed by atoms with Crippen LogP contribution in [0.1, 0.15) is 11.4 Å². The summed E-state index contributed by atoms with van der Waals surface area (Å²) in [6.45, 7) is 1.52. The smallest absolute Gasteiger partial charge is 0.289 e. The molecule has 5 nitrogen and oxygen atoms in total. The molecule has 0 N–H and O–H groups in total. The highest BCUT2D eigenvalue weighted by Gasteiger charge is 2.10. The Morgan fingerprint density at radius 1 is 1.57 bits per heavy atom. The summed E-state index contributed by atoms with van der Waals surface area (Å²) in [5, 5.41) is 10.4. The van der Waals surface area contributed by atoms with Gasteiger partial charge in [0.2, 0.25) is 0 Å². The molecule has 0 aliphatic carbocycles. The van der Waals surface area contributed by atoms with Crippen LogP contribution in [-0.2, 0) is 4.79 Å². The van der Waals surface area contributed by atoms with Crippen molar-refractivity contribution in [3.63, 3.8) is 0 Å². The summed E-state index contributed by atoms with van der Waals surface area (Å²) >= 11 is 0. The first-order valence-corrected chi connectivity index (χ1v) is 3.72. The summed E-state index contributed by atoms with van der Waals surface area (Å²) in [6.07, 6.45) is 0.443. The summed E-state index contributed by atoms with van der Waals surface area (Å²) < 4.78 is 0. The molecule has 70 valence electrons. The third kappa shape index (κ3) is 2.14. The number of aromatic nitrogens is 1. The van der Waals surface area contributed by atoms with Gasteiger partial charge in [-0.15, -0.1) is 0 Å². The lowest BCUT2D eigenvalue weighted by Gasteiger charge is -1.95. The van der Waals surface area contributed by atoms with Crippen molar-refractivity contribution >= 4 is 12.0 Å². The largest absolute Gasteiger partial charge is 0.290 e. The minimum absolute atomic E-state index is 0.0540. The van der Waals surface area contributed by atoms with Crippen LogP contribution >= 0.6 is 0 Å². The molecule has 0 spiro atoms. The number of nitro groups is 1. The Morgan fingerprint density at radius 3 is 2.79 bits per heavy atom. The summed E-state index contributed by atoms with van der Waals surface area (Å²) in [4.78, 5) is 23.7. The molecule has 0 bridgehead atoms. The Labute approximate surface area is 79.9 Å². The number of nitrogens with zero attached hydrogens (tertiary/aromatic N) is 2. The number of hydrogen-bond acceptors (Lipinski definition) is 4. The highest BCUT2D eigenvalue weighted by Crippen LogP contribution is 2.14. The molecular weight excluding hydrogens is 184 g/mol. The van der Waals surface area contributed by atoms with Crippen molar-refractivity contribution in [3.05, 3.63) is 33.6 Å². The van der Waals surface area contributed by atoms with Crippen molar-refractivity contribution in [2.24, 2.45) is 0 Å². The number of carbonyl (C=O) groups is 1. The van der Waals surface area contributed by atoms with E-state index in [-0.39, 0.29) is 11.4 Å². The van der Waals surface area contributed by atoms with Crippen molar-refractivity contribution in [3.8, 4) is 11.8 Å². The van der Waals surface area contributed by atoms with E-state index in [9.17, 15) is 14.9 Å². The minimum atomic E-state index is -0.515. The molecule has 0 atom stereocenters. The van der Waals surface area contributed by atoms with Crippen LogP contribution in [-0.4, -0.2) is 16.2 Å². The predicted octanol–water partition coefficient (Wildman–Crippen LogP) is 0.849. The van der Waals surface area contributed by atoms with Crippen molar-refractivity contribution in [2.45, 2.75) is 6.92 Å². The fourth-order valence-electron chi connectivity index (χ4n) is 0.920. The van der Waals surface area contributed by atoms with Crippen LogP contribution in [0.2, 0.25) is 0 Å². The quantitative estimate of drug-likeness (QED) is 0.285. The summed E-state index contributed by atoms with van der Waals surface area (Å²) in [6, 6.07) is 2.72. The maximum absolute atomic E-state index is 10.4. The highest BCUT2D eigenvalue weighted by atomic mass is 16.6. The van der Waals surface area contributed by atoms with Gasteiger partial charge < -0.3 is 0 Å². The maximum atomic E-state index is 10.4. The lowest BCUT2D eigenvalue weighted by molar-refractivity contribution is -0.385. The molecule has 0 unspecified atom stereocenters. The van der Waals surface area contributed by atoms with Crippen molar-refractivity contribution in [1.29, 1.82) is 0 Å². The Bertz CT molecular complexity index is 443. The Morgan fingerprint density at radius 2 is 2.29 bits per heavy atom. The topological polar surface area (TPSA) is 73.1 Å². The molecule has 14 heavy (non-hydrogen) atoms. The zero-order chi connectivity index (χ0) is 10.6. The zero-order valence-corrected chi connectivity index (χ0v) is 7.35. The van der Waals surface area contributed by atoms with Gasteiger partial charge in [0.05, 0.1) is 4.92 Å². The second kappa shape index (κ2) is 4.14. The van der Waals surface area contributed by atoms with Crippen LogP contribution in [0.3, 0.4) is 0 Å². The van der Waals surface area contributed by atoms with Gasteiger partial charge in [-0.25, -0.2) is 4.98 Å². The van der Waals surface area contributed by atoms with Crippen LogP contribution in [0.4, 0.5) is 5.69 Å². The summed E-state index contributed by atoms with van der Waals surface area (Å²) in [5.41, 5.74) is 0.578. The molecule has 0 aliphatic rings. The van der Waals surface area contributed by atoms with E-state index in [1.165, 1.54) is 19.1 Å². The van der Waals surface area contributed by atoms with Gasteiger partial charge in [0.15, 0.2) is 6.29 Å². The SMILES string of the molecule is Cc1nc(C#CC=O)ccc1[N+](=O)[O-]. The van der Waals surface area contributed by atoms with Gasteiger partial charge in [-0.2, -0.15) is 0 Å². The zero-order valence-electron chi connectivity index (χ0n) is 7.35. The van der Waals surface area contributed by atoms with Crippen LogP contribution in [0.15, 0.2) is 12.1 Å². The maximum Gasteiger partial charge on any atom is 0.290 e. The van der Waals surface area contributed by atoms with Crippen molar-refractivity contribution in [1.82, 2.24) is 4.98 Å². The Kier molecular flexibility index (Phi) is 2.92. The van der Waals surface area contributed by atoms with E-state index >= 15 is 0 Å². The number of aldehydes is 1. The molecule has 0 saturated carbocycles. The van der Waals surface area contributed by atoms with E-state index in [1.54, 1.807) is 0 Å². The Balaban J connectivity index is 3.12. The van der Waals surface area contributed by atoms with Crippen molar-refractivity contribution in [2.75, 3.05) is 0 Å². The number of aryl methyl sites for hydroxylation is 1. The normalized spacial score (nSPS) is 8.64. The lowest BCUT2D eigenvalue weighted by atomic mass is 10.3. The molecule has 0 aromatic carbocycles. The number of pyridine rings is 1. The summed E-state index contributed by atoms with van der Waals surface area (Å²) in [7, 11) is 0. The van der Waals surface area contributed by atoms with Gasteiger partial charge in [-0.1, -0.05) is 0 Å². The number of rotatable bonds is 1. The molecule has 5 heteroatoms. The molecule has 1 aromatic heterocycles. The monoisotopic (exact) mass is 190 g/mol. The highest BCUT2D eigenvalue weighted by molar-refractivity contribution is 5.73. The van der Waals surface area contributed by atoms with E-state index < -0.39 is 4.92 Å². The van der Waals surface area contributed by atoms with Crippen LogP contribution in [0.5, 0.6) is 0 Å². The van der Waals surface area contributed by atoms with Crippen LogP contribution in [0, 0.1) is 28.9 Å². The Hall–Kier alpha value is -2.22. The molecule has 0 amide bonds. The fraction of sp³-hybridized carbons (Fsp3) is 0.111. The number of hydrogen-bond donors (Lipinski definition) is 0. The molecule has 1 heterocycles. The van der Waals surface area contributed by atoms with E-state index in [2.05, 4.69) is 16.8 Å². The van der Waals surface area contributed by atoms with Crippen LogP contribution in [0.25, 0.3) is 0 Å².